The van der Waals surface area contributed by atoms with Crippen LogP contribution in [0.15, 0.2) is 30.3 Å². The van der Waals surface area contributed by atoms with Gasteiger partial charge in [0.25, 0.3) is 0 Å². The van der Waals surface area contributed by atoms with Gasteiger partial charge in [-0.3, -0.25) is 0 Å². The number of urea groups is 1. The van der Waals surface area contributed by atoms with E-state index in [0.29, 0.717) is 12.3 Å². The number of carbonyl (C=O) groups is 1. The van der Waals surface area contributed by atoms with Gasteiger partial charge in [0, 0.05) is 19.1 Å². The third-order valence-corrected chi connectivity index (χ3v) is 6.61. The normalized spacial score (nSPS) is 27.4. The summed E-state index contributed by atoms with van der Waals surface area (Å²) < 4.78 is 23.0. The predicted octanol–water partition coefficient (Wildman–Crippen LogP) is 2.15. The number of benzene rings is 1. The van der Waals surface area contributed by atoms with E-state index in [4.69, 9.17) is 0 Å². The van der Waals surface area contributed by atoms with Gasteiger partial charge >= 0.3 is 6.03 Å². The van der Waals surface area contributed by atoms with Crippen LogP contribution in [0.4, 0.5) is 4.79 Å². The van der Waals surface area contributed by atoms with E-state index in [2.05, 4.69) is 29.6 Å². The second-order valence-electron chi connectivity index (χ2n) is 6.58. The highest BCUT2D eigenvalue weighted by atomic mass is 32.2. The second-order valence-corrected chi connectivity index (χ2v) is 8.80. The fraction of sp³-hybridized carbons (Fsp3) is 0.588. The Balaban J connectivity index is 1.54. The second kappa shape index (κ2) is 6.91. The highest BCUT2D eigenvalue weighted by Crippen LogP contribution is 2.27. The Bertz CT molecular complexity index is 645. The minimum absolute atomic E-state index is 0.0826. The number of amides is 2. The van der Waals surface area contributed by atoms with Crippen molar-refractivity contribution in [3.63, 3.8) is 0 Å². The van der Waals surface area contributed by atoms with Gasteiger partial charge in [-0.2, -0.15) is 0 Å². The van der Waals surface area contributed by atoms with Crippen molar-refractivity contribution in [2.24, 2.45) is 0 Å². The fourth-order valence-corrected chi connectivity index (χ4v) is 5.21. The lowest BCUT2D eigenvalue weighted by molar-refractivity contribution is 0.196. The summed E-state index contributed by atoms with van der Waals surface area (Å²) in [5, 5.41) is 2.89. The number of likely N-dealkylation sites (tertiary alicyclic amines) is 1. The van der Waals surface area contributed by atoms with Crippen molar-refractivity contribution in [2.75, 3.05) is 24.6 Å². The highest BCUT2D eigenvalue weighted by molar-refractivity contribution is 7.91. The molecule has 3 rings (SSSR count). The van der Waals surface area contributed by atoms with Crippen molar-refractivity contribution in [3.8, 4) is 0 Å². The first-order valence-electron chi connectivity index (χ1n) is 8.34. The van der Waals surface area contributed by atoms with Crippen LogP contribution in [0.5, 0.6) is 0 Å². The van der Waals surface area contributed by atoms with Crippen LogP contribution in [0.3, 0.4) is 0 Å². The van der Waals surface area contributed by atoms with Gasteiger partial charge in [0.2, 0.25) is 0 Å². The smallest absolute Gasteiger partial charge is 0.317 e. The summed E-state index contributed by atoms with van der Waals surface area (Å²) in [6.07, 6.45) is 3.57. The van der Waals surface area contributed by atoms with Gasteiger partial charge in [0.05, 0.1) is 11.5 Å². The Morgan fingerprint density at radius 1 is 1.09 bits per heavy atom. The van der Waals surface area contributed by atoms with Crippen LogP contribution in [0, 0.1) is 0 Å². The van der Waals surface area contributed by atoms with E-state index in [9.17, 15) is 13.2 Å². The van der Waals surface area contributed by atoms with Crippen LogP contribution in [-0.4, -0.2) is 50.0 Å². The van der Waals surface area contributed by atoms with Crippen LogP contribution in [-0.2, 0) is 9.84 Å². The summed E-state index contributed by atoms with van der Waals surface area (Å²) in [6, 6.07) is 10.1. The zero-order valence-corrected chi connectivity index (χ0v) is 14.1. The Morgan fingerprint density at radius 3 is 2.57 bits per heavy atom. The quantitative estimate of drug-likeness (QED) is 0.900. The predicted molar refractivity (Wildman–Crippen MR) is 90.2 cm³/mol. The van der Waals surface area contributed by atoms with E-state index in [0.717, 1.165) is 32.4 Å². The van der Waals surface area contributed by atoms with Gasteiger partial charge < -0.3 is 10.2 Å². The minimum atomic E-state index is -2.96. The average Bonchev–Trinajstić information content (AvgIpc) is 2.76. The Labute approximate surface area is 138 Å². The van der Waals surface area contributed by atoms with Gasteiger partial charge in [-0.05, 0) is 37.2 Å². The summed E-state index contributed by atoms with van der Waals surface area (Å²) in [7, 11) is -2.96. The molecule has 2 heterocycles. The van der Waals surface area contributed by atoms with Gasteiger partial charge in [0.15, 0.2) is 9.84 Å². The third-order valence-electron chi connectivity index (χ3n) is 4.85. The monoisotopic (exact) mass is 336 g/mol. The molecule has 0 bridgehead atoms. The Hall–Kier alpha value is -1.56. The van der Waals surface area contributed by atoms with Crippen molar-refractivity contribution >= 4 is 15.9 Å². The summed E-state index contributed by atoms with van der Waals surface area (Å²) >= 11 is 0. The molecule has 1 aromatic rings. The maximum absolute atomic E-state index is 12.4. The third kappa shape index (κ3) is 4.25. The molecule has 0 aromatic heterocycles. The van der Waals surface area contributed by atoms with Crippen molar-refractivity contribution in [1.82, 2.24) is 10.2 Å². The molecule has 0 unspecified atom stereocenters. The van der Waals surface area contributed by atoms with Crippen LogP contribution in [0.2, 0.25) is 0 Å². The summed E-state index contributed by atoms with van der Waals surface area (Å²) in [5.74, 6) is 0.772. The van der Waals surface area contributed by atoms with Crippen LogP contribution >= 0.6 is 0 Å². The molecule has 0 radical (unpaired) electrons. The van der Waals surface area contributed by atoms with Gasteiger partial charge in [-0.15, -0.1) is 0 Å². The average molecular weight is 336 g/mol. The van der Waals surface area contributed by atoms with Gasteiger partial charge in [-0.1, -0.05) is 30.3 Å². The molecule has 2 aliphatic heterocycles. The topological polar surface area (TPSA) is 66.5 Å². The molecule has 2 atom stereocenters. The first-order valence-corrected chi connectivity index (χ1v) is 10.2. The molecule has 0 saturated carbocycles. The van der Waals surface area contributed by atoms with Gasteiger partial charge in [0.1, 0.15) is 0 Å². The first kappa shape index (κ1) is 16.3. The van der Waals surface area contributed by atoms with Crippen LogP contribution in [0.25, 0.3) is 0 Å². The lowest BCUT2D eigenvalue weighted by Gasteiger charge is -2.23. The number of hydrogen-bond acceptors (Lipinski definition) is 3. The first-order chi connectivity index (χ1) is 11.0. The summed E-state index contributed by atoms with van der Waals surface area (Å²) in [5.41, 5.74) is 1.34. The van der Waals surface area contributed by atoms with Crippen molar-refractivity contribution in [2.45, 2.75) is 37.6 Å². The zero-order chi connectivity index (χ0) is 16.3. The van der Waals surface area contributed by atoms with E-state index in [-0.39, 0.29) is 23.6 Å². The maximum Gasteiger partial charge on any atom is 0.317 e. The molecular formula is C17H24N2O3S. The van der Waals surface area contributed by atoms with E-state index >= 15 is 0 Å². The van der Waals surface area contributed by atoms with E-state index in [1.54, 1.807) is 0 Å². The Morgan fingerprint density at radius 2 is 1.87 bits per heavy atom. The maximum atomic E-state index is 12.4. The van der Waals surface area contributed by atoms with E-state index in [1.807, 2.05) is 11.0 Å². The number of carbonyl (C=O) groups excluding carboxylic acids is 1. The summed E-state index contributed by atoms with van der Waals surface area (Å²) in [4.78, 5) is 14.2. The number of sulfone groups is 1. The Kier molecular flexibility index (Phi) is 4.90. The van der Waals surface area contributed by atoms with E-state index < -0.39 is 9.84 Å². The lowest BCUT2D eigenvalue weighted by Crippen LogP contribution is -2.45. The summed E-state index contributed by atoms with van der Waals surface area (Å²) in [6.45, 7) is 1.47. The molecule has 0 spiro atoms. The lowest BCUT2D eigenvalue weighted by atomic mass is 9.92. The highest BCUT2D eigenvalue weighted by Gasteiger charge is 2.30. The number of hydrogen-bond donors (Lipinski definition) is 1. The number of nitrogens with zero attached hydrogens (tertiary/aromatic N) is 1. The molecule has 2 aliphatic rings. The van der Waals surface area contributed by atoms with Crippen LogP contribution < -0.4 is 5.32 Å². The molecule has 5 nitrogen and oxygen atoms in total. The standard InChI is InChI=1S/C17H24N2O3S/c20-17(18-16-9-12-23(21,22)13-16)19-10-4-7-15(8-11-19)14-5-2-1-3-6-14/h1-3,5-6,15-16H,4,7-13H2,(H,18,20)/t15-,16+/m1/s1. The van der Waals surface area contributed by atoms with Crippen molar-refractivity contribution < 1.29 is 13.2 Å². The van der Waals surface area contributed by atoms with Crippen molar-refractivity contribution in [3.05, 3.63) is 35.9 Å². The SMILES string of the molecule is O=C(N[C@H]1CCS(=O)(=O)C1)N1CCC[C@@H](c2ccccc2)CC1. The molecule has 6 heteroatoms. The number of nitrogens with one attached hydrogen (secondary N) is 1. The van der Waals surface area contributed by atoms with Gasteiger partial charge in [-0.25, -0.2) is 13.2 Å². The molecular weight excluding hydrogens is 312 g/mol. The zero-order valence-electron chi connectivity index (χ0n) is 13.3. The fourth-order valence-electron chi connectivity index (χ4n) is 3.53. The molecule has 126 valence electrons. The minimum Gasteiger partial charge on any atom is -0.334 e. The largest absolute Gasteiger partial charge is 0.334 e. The molecule has 23 heavy (non-hydrogen) atoms. The van der Waals surface area contributed by atoms with Crippen molar-refractivity contribution in [1.29, 1.82) is 0 Å². The number of rotatable bonds is 2. The molecule has 1 N–H and O–H groups in total. The molecule has 2 saturated heterocycles. The molecule has 1 aromatic carbocycles. The molecule has 2 fully saturated rings. The molecule has 2 amide bonds. The molecule has 0 aliphatic carbocycles. The van der Waals surface area contributed by atoms with Crippen LogP contribution in [0.1, 0.15) is 37.2 Å². The van der Waals surface area contributed by atoms with E-state index in [1.165, 1.54) is 5.56 Å².